The van der Waals surface area contributed by atoms with E-state index < -0.39 is 0 Å². The molecule has 0 spiro atoms. The lowest BCUT2D eigenvalue weighted by molar-refractivity contribution is 0.0940. The normalized spacial score (nSPS) is 12.4. The van der Waals surface area contributed by atoms with E-state index in [4.69, 9.17) is 4.52 Å². The molecule has 29 heavy (non-hydrogen) atoms. The van der Waals surface area contributed by atoms with Crippen LogP contribution in [0.3, 0.4) is 0 Å². The van der Waals surface area contributed by atoms with Crippen molar-refractivity contribution in [2.24, 2.45) is 0 Å². The minimum Gasteiger partial charge on any atom is -0.344 e. The lowest BCUT2D eigenvalue weighted by Crippen LogP contribution is -2.28. The molecule has 0 saturated heterocycles. The van der Waals surface area contributed by atoms with E-state index in [0.717, 1.165) is 18.8 Å². The summed E-state index contributed by atoms with van der Waals surface area (Å²) in [5.74, 6) is -0.226. The second-order valence-corrected chi connectivity index (χ2v) is 6.83. The molecule has 0 fully saturated rings. The first kappa shape index (κ1) is 18.9. The number of aryl methyl sites for hydroxylation is 3. The molecular weight excluding hydrogens is 370 g/mol. The van der Waals surface area contributed by atoms with Crippen molar-refractivity contribution in [3.8, 4) is 11.4 Å². The summed E-state index contributed by atoms with van der Waals surface area (Å²) in [6, 6.07) is 5.31. The number of carbonyl (C=O) groups excluding carboxylic acids is 1. The number of rotatable bonds is 6. The van der Waals surface area contributed by atoms with E-state index in [1.165, 1.54) is 0 Å². The van der Waals surface area contributed by atoms with Crippen LogP contribution in [0.15, 0.2) is 35.1 Å². The Balaban J connectivity index is 1.73. The van der Waals surface area contributed by atoms with Gasteiger partial charge in [0.2, 0.25) is 0 Å². The highest BCUT2D eigenvalue weighted by Gasteiger charge is 2.22. The zero-order chi connectivity index (χ0) is 20.5. The molecule has 0 radical (unpaired) electrons. The number of nitrogens with zero attached hydrogens (tertiary/aromatic N) is 6. The largest absolute Gasteiger partial charge is 0.344 e. The highest BCUT2D eigenvalue weighted by molar-refractivity contribution is 6.07. The van der Waals surface area contributed by atoms with Crippen LogP contribution < -0.4 is 5.32 Å². The summed E-state index contributed by atoms with van der Waals surface area (Å²) in [4.78, 5) is 17.7. The van der Waals surface area contributed by atoms with Crippen LogP contribution in [0.4, 0.5) is 0 Å². The first-order chi connectivity index (χ1) is 14.0. The average Bonchev–Trinajstić information content (AvgIpc) is 3.46. The molecule has 1 amide bonds. The Labute approximate surface area is 167 Å². The Hall–Kier alpha value is -3.49. The smallest absolute Gasteiger partial charge is 0.259 e. The van der Waals surface area contributed by atoms with Crippen LogP contribution >= 0.6 is 0 Å². The molecule has 1 N–H and O–H groups in total. The summed E-state index contributed by atoms with van der Waals surface area (Å²) in [6.07, 6.45) is 3.61. The molecule has 0 aliphatic heterocycles. The molecule has 0 aliphatic carbocycles. The van der Waals surface area contributed by atoms with Crippen LogP contribution in [0, 0.1) is 6.92 Å². The van der Waals surface area contributed by atoms with Crippen molar-refractivity contribution in [2.75, 3.05) is 0 Å². The van der Waals surface area contributed by atoms with Crippen molar-refractivity contribution in [1.29, 1.82) is 0 Å². The first-order valence-electron chi connectivity index (χ1n) is 9.65. The number of carbonyl (C=O) groups is 1. The number of hydrogen-bond acceptors (Lipinski definition) is 6. The van der Waals surface area contributed by atoms with Gasteiger partial charge < -0.3 is 9.84 Å². The van der Waals surface area contributed by atoms with E-state index >= 15 is 0 Å². The van der Waals surface area contributed by atoms with E-state index in [1.54, 1.807) is 23.9 Å². The number of aromatic nitrogens is 6. The maximum Gasteiger partial charge on any atom is 0.259 e. The molecule has 0 bridgehead atoms. The summed E-state index contributed by atoms with van der Waals surface area (Å²) in [5, 5.41) is 16.4. The summed E-state index contributed by atoms with van der Waals surface area (Å²) in [7, 11) is 0. The van der Waals surface area contributed by atoms with Crippen molar-refractivity contribution < 1.29 is 9.32 Å². The van der Waals surface area contributed by atoms with E-state index in [1.807, 2.05) is 43.8 Å². The molecule has 9 nitrogen and oxygen atoms in total. The number of nitrogens with one attached hydrogen (secondary N) is 1. The van der Waals surface area contributed by atoms with Crippen LogP contribution in [-0.2, 0) is 13.1 Å². The minimum atomic E-state index is -0.226. The summed E-state index contributed by atoms with van der Waals surface area (Å²) in [6.45, 7) is 9.24. The fourth-order valence-corrected chi connectivity index (χ4v) is 3.40. The quantitative estimate of drug-likeness (QED) is 0.540. The predicted molar refractivity (Wildman–Crippen MR) is 107 cm³/mol. The van der Waals surface area contributed by atoms with Gasteiger partial charge in [-0.25, -0.2) is 4.98 Å². The van der Waals surface area contributed by atoms with Gasteiger partial charge in [-0.05, 0) is 45.9 Å². The third-order valence-electron chi connectivity index (χ3n) is 4.93. The fraction of sp³-hybridized carbons (Fsp3) is 0.350. The third kappa shape index (κ3) is 3.39. The maximum atomic E-state index is 13.2. The molecular formula is C20H23N7O2. The molecule has 9 heteroatoms. The van der Waals surface area contributed by atoms with Crippen LogP contribution in [0.25, 0.3) is 22.5 Å². The van der Waals surface area contributed by atoms with Crippen molar-refractivity contribution in [3.05, 3.63) is 47.5 Å². The van der Waals surface area contributed by atoms with E-state index in [-0.39, 0.29) is 11.9 Å². The van der Waals surface area contributed by atoms with Crippen LogP contribution in [0.2, 0.25) is 0 Å². The number of fused-ring (bicyclic) bond motifs is 1. The molecule has 4 heterocycles. The van der Waals surface area contributed by atoms with Crippen molar-refractivity contribution in [1.82, 2.24) is 35.0 Å². The maximum absolute atomic E-state index is 13.2. The molecule has 0 unspecified atom stereocenters. The van der Waals surface area contributed by atoms with Crippen LogP contribution in [0.5, 0.6) is 0 Å². The first-order valence-corrected chi connectivity index (χ1v) is 9.65. The Morgan fingerprint density at radius 1 is 1.24 bits per heavy atom. The van der Waals surface area contributed by atoms with Gasteiger partial charge in [0.1, 0.15) is 5.69 Å². The van der Waals surface area contributed by atoms with Gasteiger partial charge in [-0.1, -0.05) is 5.16 Å². The molecule has 1 atom stereocenters. The third-order valence-corrected chi connectivity index (χ3v) is 4.93. The molecule has 0 aromatic carbocycles. The zero-order valence-electron chi connectivity index (χ0n) is 16.9. The lowest BCUT2D eigenvalue weighted by Gasteiger charge is -2.16. The van der Waals surface area contributed by atoms with Crippen molar-refractivity contribution >= 4 is 17.0 Å². The molecule has 0 aliphatic rings. The Bertz CT molecular complexity index is 1170. The van der Waals surface area contributed by atoms with Gasteiger partial charge in [-0.2, -0.15) is 10.2 Å². The predicted octanol–water partition coefficient (Wildman–Crippen LogP) is 3.12. The SMILES string of the molecule is CCn1ccc(-c2cc(C(=O)N[C@H](C)c3ccnn3CC)c3c(C)noc3n2)n1. The van der Waals surface area contributed by atoms with Gasteiger partial charge in [0.25, 0.3) is 11.6 Å². The lowest BCUT2D eigenvalue weighted by atomic mass is 10.1. The highest BCUT2D eigenvalue weighted by Crippen LogP contribution is 2.27. The van der Waals surface area contributed by atoms with Gasteiger partial charge in [-0.3, -0.25) is 14.2 Å². The monoisotopic (exact) mass is 393 g/mol. The highest BCUT2D eigenvalue weighted by atomic mass is 16.5. The van der Waals surface area contributed by atoms with E-state index in [2.05, 4.69) is 25.7 Å². The molecule has 4 rings (SSSR count). The van der Waals surface area contributed by atoms with Gasteiger partial charge in [0.05, 0.1) is 34.1 Å². The second-order valence-electron chi connectivity index (χ2n) is 6.83. The van der Waals surface area contributed by atoms with Gasteiger partial charge in [0.15, 0.2) is 0 Å². The zero-order valence-corrected chi connectivity index (χ0v) is 16.9. The average molecular weight is 393 g/mol. The van der Waals surface area contributed by atoms with Crippen molar-refractivity contribution in [3.63, 3.8) is 0 Å². The summed E-state index contributed by atoms with van der Waals surface area (Å²) >= 11 is 0. The van der Waals surface area contributed by atoms with Gasteiger partial charge in [0, 0.05) is 25.5 Å². The van der Waals surface area contributed by atoms with Crippen LogP contribution in [-0.4, -0.2) is 35.6 Å². The van der Waals surface area contributed by atoms with Gasteiger partial charge in [-0.15, -0.1) is 0 Å². The van der Waals surface area contributed by atoms with E-state index in [0.29, 0.717) is 33.7 Å². The summed E-state index contributed by atoms with van der Waals surface area (Å²) < 4.78 is 9.03. The topological polar surface area (TPSA) is 104 Å². The molecule has 0 saturated carbocycles. The standard InChI is InChI=1S/C20H23N7O2/c1-5-26-10-8-15(24-26)16-11-14(18-13(4)25-29-20(18)23-16)19(28)22-12(3)17-7-9-21-27(17)6-2/h7-12H,5-6H2,1-4H3,(H,22,28)/t12-/m1/s1. The number of pyridine rings is 1. The Kier molecular flexibility index (Phi) is 4.87. The Morgan fingerprint density at radius 2 is 2.07 bits per heavy atom. The van der Waals surface area contributed by atoms with Gasteiger partial charge >= 0.3 is 0 Å². The van der Waals surface area contributed by atoms with E-state index in [9.17, 15) is 4.79 Å². The minimum absolute atomic E-state index is 0.212. The van der Waals surface area contributed by atoms with Crippen molar-refractivity contribution in [2.45, 2.75) is 46.8 Å². The Morgan fingerprint density at radius 3 is 2.79 bits per heavy atom. The fourth-order valence-electron chi connectivity index (χ4n) is 3.40. The van der Waals surface area contributed by atoms with Crippen LogP contribution in [0.1, 0.15) is 48.6 Å². The molecule has 4 aromatic rings. The number of amides is 1. The second kappa shape index (κ2) is 7.50. The molecule has 150 valence electrons. The molecule has 4 aromatic heterocycles. The summed E-state index contributed by atoms with van der Waals surface area (Å²) in [5.41, 5.74) is 3.59. The number of hydrogen-bond donors (Lipinski definition) is 1.